The molecule has 0 radical (unpaired) electrons. The Hall–Kier alpha value is -2.95. The molecule has 0 bridgehead atoms. The third kappa shape index (κ3) is 2.48. The Morgan fingerprint density at radius 2 is 1.95 bits per heavy atom. The predicted octanol–water partition coefficient (Wildman–Crippen LogP) is 2.54. The molecule has 0 saturated heterocycles. The van der Waals surface area contributed by atoms with Gasteiger partial charge in [-0.05, 0) is 24.6 Å². The second kappa shape index (κ2) is 5.81. The fourth-order valence-electron chi connectivity index (χ4n) is 2.23. The van der Waals surface area contributed by atoms with Crippen LogP contribution in [0.4, 0.5) is 0 Å². The van der Waals surface area contributed by atoms with Gasteiger partial charge in [-0.1, -0.05) is 30.3 Å². The number of nitrogens with zero attached hydrogens (tertiary/aromatic N) is 2. The van der Waals surface area contributed by atoms with Gasteiger partial charge >= 0.3 is 5.97 Å². The second-order valence-electron chi connectivity index (χ2n) is 4.71. The number of fused-ring (bicyclic) bond motifs is 1. The minimum absolute atomic E-state index is 0.220. The van der Waals surface area contributed by atoms with Crippen molar-refractivity contribution in [2.75, 3.05) is 6.61 Å². The van der Waals surface area contributed by atoms with E-state index >= 15 is 0 Å². The van der Waals surface area contributed by atoms with Gasteiger partial charge in [-0.2, -0.15) is 0 Å². The average Bonchev–Trinajstić information content (AvgIpc) is 2.56. The fraction of sp³-hybridized carbons (Fsp3) is 0.118. The third-order valence-corrected chi connectivity index (χ3v) is 3.30. The molecule has 0 spiro atoms. The molecule has 2 aromatic heterocycles. The molecule has 0 aliphatic heterocycles. The van der Waals surface area contributed by atoms with Crippen LogP contribution in [0.15, 0.2) is 59.7 Å². The van der Waals surface area contributed by atoms with Crippen molar-refractivity contribution < 1.29 is 9.53 Å². The van der Waals surface area contributed by atoms with Crippen LogP contribution in [0.5, 0.6) is 0 Å². The first-order valence-corrected chi connectivity index (χ1v) is 6.94. The maximum absolute atomic E-state index is 12.6. The van der Waals surface area contributed by atoms with E-state index in [1.54, 1.807) is 25.3 Å². The van der Waals surface area contributed by atoms with E-state index in [-0.39, 0.29) is 12.2 Å². The molecular weight excluding hydrogens is 280 g/mol. The summed E-state index contributed by atoms with van der Waals surface area (Å²) in [7, 11) is 0. The normalized spacial score (nSPS) is 10.6. The first-order chi connectivity index (χ1) is 10.7. The molecule has 0 amide bonds. The SMILES string of the molecule is CCOC(=O)c1ccc2ncc(-c3ccccc3)c(=O)n2c1. The molecule has 22 heavy (non-hydrogen) atoms. The minimum atomic E-state index is -0.457. The van der Waals surface area contributed by atoms with Crippen LogP contribution in [-0.4, -0.2) is 22.0 Å². The number of carbonyl (C=O) groups is 1. The Kier molecular flexibility index (Phi) is 3.70. The minimum Gasteiger partial charge on any atom is -0.462 e. The van der Waals surface area contributed by atoms with Crippen LogP contribution in [0.1, 0.15) is 17.3 Å². The third-order valence-electron chi connectivity index (χ3n) is 3.30. The van der Waals surface area contributed by atoms with E-state index in [1.807, 2.05) is 30.3 Å². The van der Waals surface area contributed by atoms with Crippen LogP contribution in [0.3, 0.4) is 0 Å². The Balaban J connectivity index is 2.17. The Bertz CT molecular complexity index is 885. The highest BCUT2D eigenvalue weighted by Gasteiger charge is 2.11. The fourth-order valence-corrected chi connectivity index (χ4v) is 2.23. The summed E-state index contributed by atoms with van der Waals surface area (Å²) in [5.74, 6) is -0.457. The van der Waals surface area contributed by atoms with Crippen LogP contribution < -0.4 is 5.56 Å². The van der Waals surface area contributed by atoms with Crippen LogP contribution in [0.25, 0.3) is 16.8 Å². The summed E-state index contributed by atoms with van der Waals surface area (Å²) in [6.45, 7) is 2.02. The van der Waals surface area contributed by atoms with Gasteiger partial charge < -0.3 is 4.74 Å². The van der Waals surface area contributed by atoms with Crippen molar-refractivity contribution in [3.8, 4) is 11.1 Å². The largest absolute Gasteiger partial charge is 0.462 e. The summed E-state index contributed by atoms with van der Waals surface area (Å²) >= 11 is 0. The van der Waals surface area contributed by atoms with E-state index in [4.69, 9.17) is 4.74 Å². The lowest BCUT2D eigenvalue weighted by atomic mass is 10.1. The zero-order chi connectivity index (χ0) is 15.5. The lowest BCUT2D eigenvalue weighted by Crippen LogP contribution is -2.18. The highest BCUT2D eigenvalue weighted by molar-refractivity contribution is 5.89. The number of esters is 1. The van der Waals surface area contributed by atoms with E-state index in [2.05, 4.69) is 4.98 Å². The van der Waals surface area contributed by atoms with Crippen molar-refractivity contribution in [2.45, 2.75) is 6.92 Å². The summed E-state index contributed by atoms with van der Waals surface area (Å²) in [6.07, 6.45) is 3.02. The molecule has 0 N–H and O–H groups in total. The molecule has 0 fully saturated rings. The van der Waals surface area contributed by atoms with Crippen LogP contribution in [-0.2, 0) is 4.74 Å². The molecule has 110 valence electrons. The number of pyridine rings is 1. The molecule has 5 heteroatoms. The number of benzene rings is 1. The lowest BCUT2D eigenvalue weighted by Gasteiger charge is -2.06. The first-order valence-electron chi connectivity index (χ1n) is 6.94. The molecule has 2 heterocycles. The monoisotopic (exact) mass is 294 g/mol. The summed E-state index contributed by atoms with van der Waals surface area (Å²) in [5.41, 5.74) is 1.86. The number of carbonyl (C=O) groups excluding carboxylic acids is 1. The smallest absolute Gasteiger partial charge is 0.339 e. The lowest BCUT2D eigenvalue weighted by molar-refractivity contribution is 0.0525. The number of hydrogen-bond donors (Lipinski definition) is 0. The van der Waals surface area contributed by atoms with Gasteiger partial charge in [0.1, 0.15) is 5.65 Å². The van der Waals surface area contributed by atoms with Gasteiger partial charge in [0, 0.05) is 12.4 Å². The van der Waals surface area contributed by atoms with Crippen molar-refractivity contribution in [3.63, 3.8) is 0 Å². The quantitative estimate of drug-likeness (QED) is 0.696. The zero-order valence-electron chi connectivity index (χ0n) is 12.0. The molecule has 3 rings (SSSR count). The van der Waals surface area contributed by atoms with E-state index < -0.39 is 5.97 Å². The molecular formula is C17H14N2O3. The van der Waals surface area contributed by atoms with E-state index in [0.717, 1.165) is 5.56 Å². The van der Waals surface area contributed by atoms with Gasteiger partial charge in [0.25, 0.3) is 5.56 Å². The topological polar surface area (TPSA) is 60.7 Å². The van der Waals surface area contributed by atoms with E-state index in [9.17, 15) is 9.59 Å². The first kappa shape index (κ1) is 14.0. The number of rotatable bonds is 3. The van der Waals surface area contributed by atoms with Crippen molar-refractivity contribution in [2.24, 2.45) is 0 Å². The van der Waals surface area contributed by atoms with Crippen LogP contribution in [0, 0.1) is 0 Å². The number of aromatic nitrogens is 2. The maximum Gasteiger partial charge on any atom is 0.339 e. The van der Waals surface area contributed by atoms with Crippen molar-refractivity contribution in [1.29, 1.82) is 0 Å². The van der Waals surface area contributed by atoms with E-state index in [1.165, 1.54) is 10.6 Å². The average molecular weight is 294 g/mol. The summed E-state index contributed by atoms with van der Waals surface area (Å²) in [5, 5.41) is 0. The van der Waals surface area contributed by atoms with Gasteiger partial charge in [-0.15, -0.1) is 0 Å². The second-order valence-corrected chi connectivity index (χ2v) is 4.71. The molecule has 0 atom stereocenters. The summed E-state index contributed by atoms with van der Waals surface area (Å²) in [6, 6.07) is 12.5. The number of hydrogen-bond acceptors (Lipinski definition) is 4. The molecule has 3 aromatic rings. The van der Waals surface area contributed by atoms with Crippen molar-refractivity contribution >= 4 is 11.6 Å². The zero-order valence-corrected chi connectivity index (χ0v) is 12.0. The van der Waals surface area contributed by atoms with Gasteiger partial charge in [-0.25, -0.2) is 9.78 Å². The molecule has 1 aromatic carbocycles. The van der Waals surface area contributed by atoms with Gasteiger partial charge in [0.2, 0.25) is 0 Å². The van der Waals surface area contributed by atoms with Gasteiger partial charge in [0.15, 0.2) is 0 Å². The summed E-state index contributed by atoms with van der Waals surface area (Å²) < 4.78 is 6.33. The molecule has 0 aliphatic carbocycles. The Morgan fingerprint density at radius 1 is 1.18 bits per heavy atom. The van der Waals surface area contributed by atoms with Gasteiger partial charge in [-0.3, -0.25) is 9.20 Å². The number of ether oxygens (including phenoxy) is 1. The highest BCUT2D eigenvalue weighted by Crippen LogP contribution is 2.14. The molecule has 0 saturated carbocycles. The highest BCUT2D eigenvalue weighted by atomic mass is 16.5. The van der Waals surface area contributed by atoms with Crippen molar-refractivity contribution in [1.82, 2.24) is 9.38 Å². The molecule has 0 unspecified atom stereocenters. The molecule has 5 nitrogen and oxygen atoms in total. The Morgan fingerprint density at radius 3 is 2.68 bits per heavy atom. The van der Waals surface area contributed by atoms with Crippen molar-refractivity contribution in [3.05, 3.63) is 70.8 Å². The molecule has 0 aliphatic rings. The van der Waals surface area contributed by atoms with Gasteiger partial charge in [0.05, 0.1) is 17.7 Å². The Labute approximate surface area is 126 Å². The summed E-state index contributed by atoms with van der Waals surface area (Å²) in [4.78, 5) is 28.7. The standard InChI is InChI=1S/C17H14N2O3/c1-2-22-17(21)13-8-9-15-18-10-14(16(20)19(15)11-13)12-6-4-3-5-7-12/h3-11H,2H2,1H3. The van der Waals surface area contributed by atoms with E-state index in [0.29, 0.717) is 16.8 Å². The van der Waals surface area contributed by atoms with Crippen LogP contribution >= 0.6 is 0 Å². The maximum atomic E-state index is 12.6. The predicted molar refractivity (Wildman–Crippen MR) is 82.9 cm³/mol. The van der Waals surface area contributed by atoms with Crippen LogP contribution in [0.2, 0.25) is 0 Å².